The Morgan fingerprint density at radius 3 is 2.43 bits per heavy atom. The number of aliphatic carboxylic acids is 1. The van der Waals surface area contributed by atoms with E-state index in [0.717, 1.165) is 5.57 Å². The van der Waals surface area contributed by atoms with Crippen molar-refractivity contribution < 1.29 is 9.90 Å². The van der Waals surface area contributed by atoms with E-state index in [9.17, 15) is 9.90 Å². The van der Waals surface area contributed by atoms with Crippen LogP contribution in [-0.2, 0) is 4.79 Å². The van der Waals surface area contributed by atoms with Crippen molar-refractivity contribution in [2.45, 2.75) is 0 Å². The summed E-state index contributed by atoms with van der Waals surface area (Å²) in [6, 6.07) is 0. The second kappa shape index (κ2) is 7.33. The second-order valence-corrected chi connectivity index (χ2v) is 4.39. The fourth-order valence-corrected chi connectivity index (χ4v) is 1.88. The van der Waals surface area contributed by atoms with E-state index in [4.69, 9.17) is 10.9 Å². The quantitative estimate of drug-likeness (QED) is 0.472. The summed E-state index contributed by atoms with van der Waals surface area (Å²) in [5, 5.41) is 30.2. The molecule has 0 unspecified atom stereocenters. The van der Waals surface area contributed by atoms with Crippen LogP contribution in [0.25, 0.3) is 5.08 Å². The van der Waals surface area contributed by atoms with E-state index in [-0.39, 0.29) is 11.3 Å². The molecule has 0 spiro atoms. The SMILES string of the molecule is N#[N+]N=C1C=CC(=CC=C2C=CC(=NN=N)C=C2)C(C(=O)O)=C1. The fraction of sp³-hybridized carbons (Fsp3) is 0. The number of carboxylic acid groups (broad SMARTS) is 1. The van der Waals surface area contributed by atoms with E-state index in [1.165, 1.54) is 6.08 Å². The maximum Gasteiger partial charge on any atom is 0.339 e. The van der Waals surface area contributed by atoms with Crippen molar-refractivity contribution in [2.24, 2.45) is 15.4 Å². The first kappa shape index (κ1) is 15.7. The molecule has 0 aromatic heterocycles. The number of nitrogens with one attached hydrogen (secondary N) is 1. The van der Waals surface area contributed by atoms with Crippen LogP contribution in [0.3, 0.4) is 0 Å². The van der Waals surface area contributed by atoms with Crippen molar-refractivity contribution in [1.29, 1.82) is 10.9 Å². The minimum atomic E-state index is -1.11. The number of carbonyl (C=O) groups is 1. The normalized spacial score (nSPS) is 19.5. The summed E-state index contributed by atoms with van der Waals surface area (Å²) in [6.07, 6.45) is 14.8. The number of carboxylic acids is 1. The molecule has 8 nitrogen and oxygen atoms in total. The molecule has 0 aromatic carbocycles. The largest absolute Gasteiger partial charge is 0.478 e. The molecule has 2 N–H and O–H groups in total. The summed E-state index contributed by atoms with van der Waals surface area (Å²) >= 11 is 0. The molecule has 0 fully saturated rings. The highest BCUT2D eigenvalue weighted by atomic mass is 16.4. The topological polar surface area (TPSA) is 126 Å². The van der Waals surface area contributed by atoms with E-state index < -0.39 is 5.97 Å². The van der Waals surface area contributed by atoms with Crippen molar-refractivity contribution in [3.05, 3.63) is 76.5 Å². The average molecular weight is 307 g/mol. The van der Waals surface area contributed by atoms with E-state index in [1.807, 2.05) is 0 Å². The third-order valence-electron chi connectivity index (χ3n) is 2.94. The lowest BCUT2D eigenvalue weighted by molar-refractivity contribution is -0.132. The van der Waals surface area contributed by atoms with Gasteiger partial charge in [0.15, 0.2) is 10.8 Å². The van der Waals surface area contributed by atoms with Crippen LogP contribution in [0.2, 0.25) is 0 Å². The van der Waals surface area contributed by atoms with Crippen molar-refractivity contribution in [1.82, 2.24) is 0 Å². The van der Waals surface area contributed by atoms with Crippen molar-refractivity contribution in [3.8, 4) is 0 Å². The number of nitrogens with zero attached hydrogens (tertiary/aromatic N) is 5. The molecule has 0 atom stereocenters. The summed E-state index contributed by atoms with van der Waals surface area (Å²) in [7, 11) is 0. The summed E-state index contributed by atoms with van der Waals surface area (Å²) in [5.41, 5.74) is 8.83. The van der Waals surface area contributed by atoms with Crippen LogP contribution in [-0.4, -0.2) is 22.5 Å². The minimum absolute atomic E-state index is 0.0470. The van der Waals surface area contributed by atoms with Crippen LogP contribution >= 0.6 is 0 Å². The number of diazo groups is 1. The summed E-state index contributed by atoms with van der Waals surface area (Å²) in [4.78, 5) is 11.3. The molecular formula is C15H11N6O2+. The van der Waals surface area contributed by atoms with Crippen LogP contribution in [0.15, 0.2) is 86.8 Å². The monoisotopic (exact) mass is 307 g/mol. The molecule has 0 bridgehead atoms. The Balaban J connectivity index is 2.27. The van der Waals surface area contributed by atoms with Crippen molar-refractivity contribution in [2.75, 3.05) is 0 Å². The Morgan fingerprint density at radius 2 is 1.83 bits per heavy atom. The van der Waals surface area contributed by atoms with Crippen LogP contribution in [0.5, 0.6) is 0 Å². The zero-order valence-corrected chi connectivity index (χ0v) is 11.8. The molecule has 2 aliphatic rings. The standard InChI is InChI=1S/C15H10N6O2/c16-20-18-12-6-2-10(3-7-12)1-4-11-5-8-13(19-21-17)9-14(11)15(22)23/h1-9,16H/p+1. The molecule has 2 rings (SSSR count). The molecule has 8 heteroatoms. The second-order valence-electron chi connectivity index (χ2n) is 4.39. The lowest BCUT2D eigenvalue weighted by Gasteiger charge is -2.07. The highest BCUT2D eigenvalue weighted by Gasteiger charge is 2.17. The zero-order valence-electron chi connectivity index (χ0n) is 11.8. The van der Waals surface area contributed by atoms with Crippen LogP contribution in [0.4, 0.5) is 0 Å². The van der Waals surface area contributed by atoms with Crippen LogP contribution in [0.1, 0.15) is 0 Å². The average Bonchev–Trinajstić information content (AvgIpc) is 2.55. The van der Waals surface area contributed by atoms with Gasteiger partial charge in [0, 0.05) is 0 Å². The zero-order chi connectivity index (χ0) is 16.7. The number of rotatable bonds is 3. The van der Waals surface area contributed by atoms with E-state index in [2.05, 4.69) is 20.5 Å². The molecule has 0 aliphatic heterocycles. The van der Waals surface area contributed by atoms with Gasteiger partial charge in [-0.25, -0.2) is 4.79 Å². The third-order valence-corrected chi connectivity index (χ3v) is 2.94. The summed E-state index contributed by atoms with van der Waals surface area (Å²) < 4.78 is 0. The van der Waals surface area contributed by atoms with Gasteiger partial charge >= 0.3 is 11.1 Å². The van der Waals surface area contributed by atoms with Crippen molar-refractivity contribution >= 4 is 17.4 Å². The van der Waals surface area contributed by atoms with Gasteiger partial charge in [-0.2, -0.15) is 5.53 Å². The van der Waals surface area contributed by atoms with E-state index in [1.54, 1.807) is 48.6 Å². The van der Waals surface area contributed by atoms with Gasteiger partial charge < -0.3 is 5.11 Å². The molecule has 0 heterocycles. The van der Waals surface area contributed by atoms with Gasteiger partial charge in [-0.1, -0.05) is 35.6 Å². The Labute approximate surface area is 131 Å². The fourth-order valence-electron chi connectivity index (χ4n) is 1.88. The molecular weight excluding hydrogens is 296 g/mol. The molecule has 0 amide bonds. The first-order valence-electron chi connectivity index (χ1n) is 6.42. The maximum atomic E-state index is 11.3. The van der Waals surface area contributed by atoms with Gasteiger partial charge in [0.05, 0.1) is 11.3 Å². The molecule has 0 saturated heterocycles. The van der Waals surface area contributed by atoms with Gasteiger partial charge in [0.2, 0.25) is 0 Å². The minimum Gasteiger partial charge on any atom is -0.478 e. The Kier molecular flexibility index (Phi) is 4.99. The summed E-state index contributed by atoms with van der Waals surface area (Å²) in [5.74, 6) is -1.11. The number of allylic oxidation sites excluding steroid dienone is 10. The van der Waals surface area contributed by atoms with Crippen LogP contribution < -0.4 is 0 Å². The maximum absolute atomic E-state index is 11.3. The highest BCUT2D eigenvalue weighted by Crippen LogP contribution is 2.19. The van der Waals surface area contributed by atoms with E-state index >= 15 is 0 Å². The Morgan fingerprint density at radius 1 is 1.13 bits per heavy atom. The molecule has 2 aliphatic carbocycles. The van der Waals surface area contributed by atoms with Crippen molar-refractivity contribution in [3.63, 3.8) is 0 Å². The Hall–Kier alpha value is -3.73. The number of hydrogen-bond donors (Lipinski definition) is 2. The van der Waals surface area contributed by atoms with Gasteiger partial charge in [-0.3, -0.25) is 0 Å². The van der Waals surface area contributed by atoms with Gasteiger partial charge in [0.25, 0.3) is 5.39 Å². The highest BCUT2D eigenvalue weighted by molar-refractivity contribution is 6.12. The Bertz CT molecular complexity index is 811. The van der Waals surface area contributed by atoms with Gasteiger partial charge in [-0.15, -0.1) is 5.10 Å². The summed E-state index contributed by atoms with van der Waals surface area (Å²) in [6.45, 7) is 0. The van der Waals surface area contributed by atoms with E-state index in [0.29, 0.717) is 11.3 Å². The lowest BCUT2D eigenvalue weighted by atomic mass is 9.97. The first-order valence-corrected chi connectivity index (χ1v) is 6.42. The van der Waals surface area contributed by atoms with Gasteiger partial charge in [0.1, 0.15) is 0 Å². The molecule has 23 heavy (non-hydrogen) atoms. The molecule has 0 radical (unpaired) electrons. The smallest absolute Gasteiger partial charge is 0.339 e. The molecule has 0 aromatic rings. The lowest BCUT2D eigenvalue weighted by Crippen LogP contribution is -2.08. The third kappa shape index (κ3) is 4.12. The number of hydrogen-bond acceptors (Lipinski definition) is 5. The van der Waals surface area contributed by atoms with Gasteiger partial charge in [-0.05, 0) is 35.5 Å². The first-order chi connectivity index (χ1) is 11.1. The molecule has 112 valence electrons. The van der Waals surface area contributed by atoms with Crippen LogP contribution in [0, 0.1) is 10.9 Å². The molecule has 0 saturated carbocycles. The predicted octanol–water partition coefficient (Wildman–Crippen LogP) is 3.14. The predicted molar refractivity (Wildman–Crippen MR) is 84.4 cm³/mol.